The van der Waals surface area contributed by atoms with Gasteiger partial charge in [-0.05, 0) is 75.4 Å². The Morgan fingerprint density at radius 3 is 2.24 bits per heavy atom. The van der Waals surface area contributed by atoms with Crippen molar-refractivity contribution in [3.05, 3.63) is 83.9 Å². The Hall–Kier alpha value is -3.50. The van der Waals surface area contributed by atoms with E-state index < -0.39 is 28.5 Å². The van der Waals surface area contributed by atoms with E-state index in [-0.39, 0.29) is 23.0 Å². The van der Waals surface area contributed by atoms with Crippen LogP contribution in [0.4, 0.5) is 5.69 Å². The summed E-state index contributed by atoms with van der Waals surface area (Å²) in [7, 11) is -4.19. The maximum atomic E-state index is 14.1. The summed E-state index contributed by atoms with van der Waals surface area (Å²) in [6.45, 7) is 7.80. The number of para-hydroxylation sites is 2. The zero-order chi connectivity index (χ0) is 30.0. The molecule has 0 spiro atoms. The van der Waals surface area contributed by atoms with Gasteiger partial charge in [-0.1, -0.05) is 48.9 Å². The summed E-state index contributed by atoms with van der Waals surface area (Å²) in [5.41, 5.74) is 2.14. The molecule has 0 bridgehead atoms. The molecule has 0 heterocycles. The van der Waals surface area contributed by atoms with Gasteiger partial charge in [-0.3, -0.25) is 13.9 Å². The van der Waals surface area contributed by atoms with Crippen LogP contribution in [0.25, 0.3) is 0 Å². The molecule has 3 aromatic carbocycles. The number of thioether (sulfide) groups is 1. The predicted octanol–water partition coefficient (Wildman–Crippen LogP) is 5.25. The fraction of sp³-hybridized carbons (Fsp3) is 0.355. The van der Waals surface area contributed by atoms with Gasteiger partial charge >= 0.3 is 0 Å². The summed E-state index contributed by atoms with van der Waals surface area (Å²) in [5, 5.41) is 2.85. The highest BCUT2D eigenvalue weighted by Gasteiger charge is 2.33. The molecule has 0 aromatic heterocycles. The molecule has 0 aliphatic heterocycles. The van der Waals surface area contributed by atoms with Gasteiger partial charge in [0.2, 0.25) is 11.8 Å². The number of carbonyl (C=O) groups is 2. The molecule has 2 amide bonds. The van der Waals surface area contributed by atoms with Gasteiger partial charge in [0.05, 0.1) is 17.2 Å². The topological polar surface area (TPSA) is 96.0 Å². The fourth-order valence-corrected chi connectivity index (χ4v) is 6.03. The molecular weight excluding hydrogens is 558 g/mol. The molecule has 0 aliphatic rings. The van der Waals surface area contributed by atoms with E-state index in [0.717, 1.165) is 26.7 Å². The molecule has 1 atom stereocenters. The first-order chi connectivity index (χ1) is 19.6. The number of benzene rings is 3. The average molecular weight is 598 g/mol. The van der Waals surface area contributed by atoms with E-state index in [1.165, 1.54) is 28.8 Å². The summed E-state index contributed by atoms with van der Waals surface area (Å²) < 4.78 is 35.0. The van der Waals surface area contributed by atoms with E-state index in [1.807, 2.05) is 51.3 Å². The molecule has 0 fully saturated rings. The molecular formula is C31H39N3O5S2. The highest BCUT2D eigenvalue weighted by molar-refractivity contribution is 7.98. The summed E-state index contributed by atoms with van der Waals surface area (Å²) in [6, 6.07) is 20.1. The minimum Gasteiger partial charge on any atom is -0.492 e. The molecule has 0 radical (unpaired) electrons. The highest BCUT2D eigenvalue weighted by Crippen LogP contribution is 2.33. The monoisotopic (exact) mass is 597 g/mol. The first kappa shape index (κ1) is 32.0. The van der Waals surface area contributed by atoms with E-state index in [9.17, 15) is 18.0 Å². The van der Waals surface area contributed by atoms with Gasteiger partial charge in [0.1, 0.15) is 18.3 Å². The van der Waals surface area contributed by atoms with Crippen LogP contribution >= 0.6 is 11.8 Å². The molecule has 220 valence electrons. The Balaban J connectivity index is 2.07. The molecule has 0 saturated carbocycles. The lowest BCUT2D eigenvalue weighted by atomic mass is 10.1. The maximum absolute atomic E-state index is 14.1. The second-order valence-electron chi connectivity index (χ2n) is 9.56. The SMILES string of the molecule is CCCNC(=O)[C@@H](C)N(Cc1ccc(C)cc1)C(=O)CN(c1ccccc1OCC)S(=O)(=O)c1ccc(SC)cc1. The molecule has 8 nitrogen and oxygen atoms in total. The van der Waals surface area contributed by atoms with Crippen LogP contribution in [0.3, 0.4) is 0 Å². The van der Waals surface area contributed by atoms with Crippen LogP contribution in [0.15, 0.2) is 82.6 Å². The smallest absolute Gasteiger partial charge is 0.264 e. The highest BCUT2D eigenvalue weighted by atomic mass is 32.2. The van der Waals surface area contributed by atoms with Crippen molar-refractivity contribution in [2.45, 2.75) is 56.5 Å². The van der Waals surface area contributed by atoms with Gasteiger partial charge in [0.25, 0.3) is 10.0 Å². The summed E-state index contributed by atoms with van der Waals surface area (Å²) >= 11 is 1.50. The number of hydrogen-bond donors (Lipinski definition) is 1. The van der Waals surface area contributed by atoms with E-state index in [0.29, 0.717) is 18.9 Å². The lowest BCUT2D eigenvalue weighted by Gasteiger charge is -2.32. The van der Waals surface area contributed by atoms with Crippen molar-refractivity contribution in [3.8, 4) is 5.75 Å². The summed E-state index contributed by atoms with van der Waals surface area (Å²) in [5.74, 6) is -0.477. The number of amides is 2. The van der Waals surface area contributed by atoms with Crippen molar-refractivity contribution in [2.24, 2.45) is 0 Å². The van der Waals surface area contributed by atoms with Gasteiger partial charge < -0.3 is 15.0 Å². The van der Waals surface area contributed by atoms with Crippen LogP contribution < -0.4 is 14.4 Å². The number of hydrogen-bond acceptors (Lipinski definition) is 6. The number of sulfonamides is 1. The standard InChI is InChI=1S/C31H39N3O5S2/c1-6-20-32-31(36)24(4)33(21-25-14-12-23(3)13-15-25)30(35)22-34(28-10-8-9-11-29(28)39-7-2)41(37,38)27-18-16-26(40-5)17-19-27/h8-19,24H,6-7,20-22H2,1-5H3,(H,32,36)/t24-/m1/s1. The second kappa shape index (κ2) is 14.9. The predicted molar refractivity (Wildman–Crippen MR) is 165 cm³/mol. The van der Waals surface area contributed by atoms with Crippen LogP contribution in [0.2, 0.25) is 0 Å². The van der Waals surface area contributed by atoms with E-state index in [1.54, 1.807) is 43.3 Å². The summed E-state index contributed by atoms with van der Waals surface area (Å²) in [6.07, 6.45) is 2.66. The third kappa shape index (κ3) is 8.27. The molecule has 41 heavy (non-hydrogen) atoms. The van der Waals surface area contributed by atoms with Crippen molar-refractivity contribution in [3.63, 3.8) is 0 Å². The average Bonchev–Trinajstić information content (AvgIpc) is 2.98. The number of nitrogens with one attached hydrogen (secondary N) is 1. The van der Waals surface area contributed by atoms with Crippen LogP contribution in [0.5, 0.6) is 5.75 Å². The number of nitrogens with zero attached hydrogens (tertiary/aromatic N) is 2. The fourth-order valence-electron chi connectivity index (χ4n) is 4.20. The van der Waals surface area contributed by atoms with Crippen LogP contribution in [0.1, 0.15) is 38.3 Å². The zero-order valence-electron chi connectivity index (χ0n) is 24.3. The minimum absolute atomic E-state index is 0.0493. The molecule has 3 rings (SSSR count). The number of ether oxygens (including phenoxy) is 1. The second-order valence-corrected chi connectivity index (χ2v) is 12.3. The quantitative estimate of drug-likeness (QED) is 0.255. The van der Waals surface area contributed by atoms with Gasteiger partial charge in [0.15, 0.2) is 0 Å². The molecule has 10 heteroatoms. The van der Waals surface area contributed by atoms with E-state index in [4.69, 9.17) is 4.74 Å². The lowest BCUT2D eigenvalue weighted by molar-refractivity contribution is -0.139. The van der Waals surface area contributed by atoms with E-state index >= 15 is 0 Å². The molecule has 3 aromatic rings. The van der Waals surface area contributed by atoms with Gasteiger partial charge in [0, 0.05) is 18.0 Å². The Morgan fingerprint density at radius 1 is 0.976 bits per heavy atom. The Labute approximate surface area is 248 Å². The number of carbonyl (C=O) groups excluding carboxylic acids is 2. The van der Waals surface area contributed by atoms with Crippen molar-refractivity contribution in [2.75, 3.05) is 30.3 Å². The number of anilines is 1. The Morgan fingerprint density at radius 2 is 1.63 bits per heavy atom. The minimum atomic E-state index is -4.19. The van der Waals surface area contributed by atoms with Crippen LogP contribution in [0, 0.1) is 6.92 Å². The lowest BCUT2D eigenvalue weighted by Crippen LogP contribution is -2.51. The maximum Gasteiger partial charge on any atom is 0.264 e. The largest absolute Gasteiger partial charge is 0.492 e. The third-order valence-corrected chi connectivity index (χ3v) is 9.07. The van der Waals surface area contributed by atoms with Gasteiger partial charge in [-0.25, -0.2) is 8.42 Å². The van der Waals surface area contributed by atoms with Crippen LogP contribution in [-0.4, -0.2) is 57.1 Å². The molecule has 0 aliphatic carbocycles. The van der Waals surface area contributed by atoms with Crippen molar-refractivity contribution < 1.29 is 22.7 Å². The number of aryl methyl sites for hydroxylation is 1. The Bertz CT molecular complexity index is 1410. The third-order valence-electron chi connectivity index (χ3n) is 6.55. The van der Waals surface area contributed by atoms with E-state index in [2.05, 4.69) is 5.32 Å². The molecule has 1 N–H and O–H groups in total. The first-order valence-corrected chi connectivity index (χ1v) is 16.3. The molecule has 0 unspecified atom stereocenters. The van der Waals surface area contributed by atoms with Crippen molar-refractivity contribution >= 4 is 39.3 Å². The van der Waals surface area contributed by atoms with Crippen molar-refractivity contribution in [1.82, 2.24) is 10.2 Å². The van der Waals surface area contributed by atoms with Crippen LogP contribution in [-0.2, 0) is 26.2 Å². The van der Waals surface area contributed by atoms with Gasteiger partial charge in [-0.15, -0.1) is 11.8 Å². The first-order valence-electron chi connectivity index (χ1n) is 13.6. The summed E-state index contributed by atoms with van der Waals surface area (Å²) in [4.78, 5) is 29.5. The normalized spacial score (nSPS) is 11.9. The van der Waals surface area contributed by atoms with Crippen molar-refractivity contribution in [1.29, 1.82) is 0 Å². The van der Waals surface area contributed by atoms with Gasteiger partial charge in [-0.2, -0.15) is 0 Å². The molecule has 0 saturated heterocycles. The zero-order valence-corrected chi connectivity index (χ0v) is 25.9. The number of rotatable bonds is 14. The Kier molecular flexibility index (Phi) is 11.7.